The molecule has 0 aliphatic carbocycles. The molecule has 0 fully saturated rings. The number of alkyl halides is 1. The molecule has 94 valence electrons. The van der Waals surface area contributed by atoms with Gasteiger partial charge in [0.2, 0.25) is 0 Å². The van der Waals surface area contributed by atoms with Crippen LogP contribution in [0.5, 0.6) is 0 Å². The summed E-state index contributed by atoms with van der Waals surface area (Å²) in [5.74, 6) is 0.0418. The van der Waals surface area contributed by atoms with Gasteiger partial charge in [-0.05, 0) is 24.6 Å². The number of benzene rings is 1. The Balaban J connectivity index is 2.74. The molecule has 1 unspecified atom stereocenters. The fourth-order valence-corrected chi connectivity index (χ4v) is 2.87. The lowest BCUT2D eigenvalue weighted by Gasteiger charge is -2.18. The summed E-state index contributed by atoms with van der Waals surface area (Å²) in [5.41, 5.74) is 0.691. The molecule has 0 aliphatic rings. The first-order valence-corrected chi connectivity index (χ1v) is 7.76. The van der Waals surface area contributed by atoms with E-state index in [0.29, 0.717) is 10.4 Å². The molecule has 2 nitrogen and oxygen atoms in total. The molecule has 1 aromatic carbocycles. The molecule has 1 amide bonds. The number of carbonyl (C=O) groups is 1. The van der Waals surface area contributed by atoms with Crippen molar-refractivity contribution >= 4 is 53.7 Å². The minimum absolute atomic E-state index is 0.0418. The fourth-order valence-electron chi connectivity index (χ4n) is 1.37. The van der Waals surface area contributed by atoms with Gasteiger partial charge in [0.15, 0.2) is 0 Å². The second-order valence-corrected chi connectivity index (χ2v) is 7.35. The molecule has 0 N–H and O–H groups in total. The Morgan fingerprint density at radius 1 is 1.29 bits per heavy atom. The zero-order valence-corrected chi connectivity index (χ0v) is 14.5. The molecular formula is C12H14Br3NO. The monoisotopic (exact) mass is 425 g/mol. The topological polar surface area (TPSA) is 20.3 Å². The largest absolute Gasteiger partial charge is 0.342 e. The van der Waals surface area contributed by atoms with Crippen LogP contribution in [0.1, 0.15) is 23.7 Å². The number of carbonyl (C=O) groups excluding carboxylic acids is 1. The van der Waals surface area contributed by atoms with Crippen molar-refractivity contribution in [3.63, 3.8) is 0 Å². The van der Waals surface area contributed by atoms with Gasteiger partial charge in [0.25, 0.3) is 5.91 Å². The van der Waals surface area contributed by atoms with Crippen LogP contribution in [0.3, 0.4) is 0 Å². The van der Waals surface area contributed by atoms with Crippen molar-refractivity contribution in [2.45, 2.75) is 18.2 Å². The molecule has 0 heterocycles. The van der Waals surface area contributed by atoms with Gasteiger partial charge in [0.05, 0.1) is 0 Å². The molecule has 5 heteroatoms. The third-order valence-corrected chi connectivity index (χ3v) is 3.69. The summed E-state index contributed by atoms with van der Waals surface area (Å²) in [6.07, 6.45) is 0.942. The maximum Gasteiger partial charge on any atom is 0.253 e. The Labute approximate surface area is 127 Å². The average Bonchev–Trinajstić information content (AvgIpc) is 2.23. The van der Waals surface area contributed by atoms with E-state index in [1.54, 1.807) is 4.90 Å². The van der Waals surface area contributed by atoms with Crippen LogP contribution < -0.4 is 0 Å². The van der Waals surface area contributed by atoms with Crippen molar-refractivity contribution in [3.8, 4) is 0 Å². The molecule has 0 aliphatic heterocycles. The lowest BCUT2D eigenvalue weighted by atomic mass is 10.2. The molecule has 0 aromatic heterocycles. The van der Waals surface area contributed by atoms with E-state index in [-0.39, 0.29) is 5.91 Å². The van der Waals surface area contributed by atoms with Crippen LogP contribution in [-0.2, 0) is 0 Å². The highest BCUT2D eigenvalue weighted by molar-refractivity contribution is 9.11. The minimum atomic E-state index is 0.0418. The van der Waals surface area contributed by atoms with E-state index in [9.17, 15) is 4.79 Å². The molecule has 1 aromatic rings. The van der Waals surface area contributed by atoms with Crippen molar-refractivity contribution in [1.82, 2.24) is 4.90 Å². The molecule has 0 saturated heterocycles. The van der Waals surface area contributed by atoms with Crippen LogP contribution in [-0.4, -0.2) is 29.2 Å². The minimum Gasteiger partial charge on any atom is -0.342 e. The predicted octanol–water partition coefficient (Wildman–Crippen LogP) is 4.46. The first-order valence-electron chi connectivity index (χ1n) is 5.26. The van der Waals surface area contributed by atoms with E-state index in [1.807, 2.05) is 25.2 Å². The van der Waals surface area contributed by atoms with Gasteiger partial charge in [-0.25, -0.2) is 0 Å². The maximum atomic E-state index is 12.1. The lowest BCUT2D eigenvalue weighted by Crippen LogP contribution is -2.28. The highest BCUT2D eigenvalue weighted by Gasteiger charge is 2.13. The lowest BCUT2D eigenvalue weighted by molar-refractivity contribution is 0.0794. The molecule has 0 saturated carbocycles. The Hall–Kier alpha value is 0.130. The van der Waals surface area contributed by atoms with Crippen LogP contribution >= 0.6 is 47.8 Å². The number of amides is 1. The molecule has 0 radical (unpaired) electrons. The molecule has 1 rings (SSSR count). The molecular weight excluding hydrogens is 414 g/mol. The number of hydrogen-bond donors (Lipinski definition) is 0. The molecule has 17 heavy (non-hydrogen) atoms. The summed E-state index contributed by atoms with van der Waals surface area (Å²) in [7, 11) is 1.83. The van der Waals surface area contributed by atoms with Crippen molar-refractivity contribution in [2.75, 3.05) is 13.6 Å². The van der Waals surface area contributed by atoms with Crippen molar-refractivity contribution in [3.05, 3.63) is 32.7 Å². The van der Waals surface area contributed by atoms with Gasteiger partial charge in [0, 0.05) is 32.9 Å². The average molecular weight is 428 g/mol. The summed E-state index contributed by atoms with van der Waals surface area (Å²) in [6, 6.07) is 5.58. The summed E-state index contributed by atoms with van der Waals surface area (Å²) in [6.45, 7) is 2.82. The van der Waals surface area contributed by atoms with Crippen molar-refractivity contribution in [1.29, 1.82) is 0 Å². The van der Waals surface area contributed by atoms with Gasteiger partial charge in [-0.2, -0.15) is 0 Å². The molecule has 1 atom stereocenters. The first-order chi connectivity index (χ1) is 7.90. The summed E-state index contributed by atoms with van der Waals surface area (Å²) < 4.78 is 1.80. The van der Waals surface area contributed by atoms with Crippen LogP contribution in [0.15, 0.2) is 27.1 Å². The van der Waals surface area contributed by atoms with Gasteiger partial charge >= 0.3 is 0 Å². The number of hydrogen-bond acceptors (Lipinski definition) is 1. The van der Waals surface area contributed by atoms with Gasteiger partial charge in [-0.1, -0.05) is 54.7 Å². The van der Waals surface area contributed by atoms with Crippen LogP contribution in [0.2, 0.25) is 0 Å². The van der Waals surface area contributed by atoms with E-state index in [0.717, 1.165) is 21.9 Å². The number of rotatable bonds is 4. The quantitative estimate of drug-likeness (QED) is 0.650. The molecule has 0 bridgehead atoms. The number of halogens is 3. The van der Waals surface area contributed by atoms with E-state index in [4.69, 9.17) is 0 Å². The van der Waals surface area contributed by atoms with Crippen molar-refractivity contribution < 1.29 is 4.79 Å². The Morgan fingerprint density at radius 3 is 2.29 bits per heavy atom. The van der Waals surface area contributed by atoms with Crippen molar-refractivity contribution in [2.24, 2.45) is 0 Å². The van der Waals surface area contributed by atoms with Gasteiger partial charge in [0.1, 0.15) is 0 Å². The Bertz CT molecular complexity index is 386. The summed E-state index contributed by atoms with van der Waals surface area (Å²) in [5, 5.41) is 0. The van der Waals surface area contributed by atoms with Crippen LogP contribution in [0, 0.1) is 0 Å². The highest BCUT2D eigenvalue weighted by Crippen LogP contribution is 2.21. The third kappa shape index (κ3) is 5.10. The number of nitrogens with zero attached hydrogens (tertiary/aromatic N) is 1. The third-order valence-electron chi connectivity index (χ3n) is 2.32. The Morgan fingerprint density at radius 2 is 1.82 bits per heavy atom. The Kier molecular flexibility index (Phi) is 6.17. The van der Waals surface area contributed by atoms with Crippen LogP contribution in [0.4, 0.5) is 0 Å². The first kappa shape index (κ1) is 15.2. The van der Waals surface area contributed by atoms with E-state index in [1.165, 1.54) is 0 Å². The second kappa shape index (κ2) is 6.90. The second-order valence-electron chi connectivity index (χ2n) is 3.95. The normalized spacial score (nSPS) is 12.3. The summed E-state index contributed by atoms with van der Waals surface area (Å²) >= 11 is 10.2. The van der Waals surface area contributed by atoms with Gasteiger partial charge in [-0.15, -0.1) is 0 Å². The zero-order chi connectivity index (χ0) is 13.0. The van der Waals surface area contributed by atoms with Crippen LogP contribution in [0.25, 0.3) is 0 Å². The van der Waals surface area contributed by atoms with E-state index < -0.39 is 0 Å². The summed E-state index contributed by atoms with van der Waals surface area (Å²) in [4.78, 5) is 14.3. The zero-order valence-electron chi connectivity index (χ0n) is 9.71. The predicted molar refractivity (Wildman–Crippen MR) is 81.8 cm³/mol. The molecule has 0 spiro atoms. The van der Waals surface area contributed by atoms with Gasteiger partial charge < -0.3 is 4.90 Å². The highest BCUT2D eigenvalue weighted by atomic mass is 79.9. The standard InChI is InChI=1S/C12H14Br3NO/c1-8(13)3-4-16(2)12(17)9-5-10(14)7-11(15)6-9/h5-8H,3-4H2,1-2H3. The maximum absolute atomic E-state index is 12.1. The SMILES string of the molecule is CC(Br)CCN(C)C(=O)c1cc(Br)cc(Br)c1. The smallest absolute Gasteiger partial charge is 0.253 e. The fraction of sp³-hybridized carbons (Fsp3) is 0.417. The van der Waals surface area contributed by atoms with E-state index >= 15 is 0 Å². The van der Waals surface area contributed by atoms with Gasteiger partial charge in [-0.3, -0.25) is 4.79 Å². The van der Waals surface area contributed by atoms with E-state index in [2.05, 4.69) is 54.7 Å².